The van der Waals surface area contributed by atoms with Crippen molar-refractivity contribution in [3.8, 4) is 0 Å². The zero-order valence-electron chi connectivity index (χ0n) is 6.63. The van der Waals surface area contributed by atoms with Gasteiger partial charge in [-0.15, -0.1) is 0 Å². The molecular formula is C9H11NO. The quantitative estimate of drug-likeness (QED) is 0.340. The second-order valence-corrected chi connectivity index (χ2v) is 1.72. The Morgan fingerprint density at radius 3 is 2.64 bits per heavy atom. The maximum absolute atomic E-state index is 4.89. The van der Waals surface area contributed by atoms with E-state index >= 15 is 0 Å². The van der Waals surface area contributed by atoms with E-state index in [-0.39, 0.29) is 0 Å². The molecule has 2 heteroatoms. The van der Waals surface area contributed by atoms with Crippen LogP contribution in [0, 0.1) is 0 Å². The Morgan fingerprint density at radius 1 is 1.64 bits per heavy atom. The van der Waals surface area contributed by atoms with Crippen LogP contribution < -0.4 is 0 Å². The lowest BCUT2D eigenvalue weighted by Gasteiger charge is -1.97. The van der Waals surface area contributed by atoms with Crippen LogP contribution in [-0.2, 0) is 4.74 Å². The van der Waals surface area contributed by atoms with Gasteiger partial charge in [-0.1, -0.05) is 13.2 Å². The maximum atomic E-state index is 4.89. The molecule has 0 fully saturated rings. The van der Waals surface area contributed by atoms with Gasteiger partial charge in [0.1, 0.15) is 5.76 Å². The maximum Gasteiger partial charge on any atom is 0.120 e. The molecule has 0 aliphatic heterocycles. The Hall–Kier alpha value is -1.53. The number of nitrogens with zero attached hydrogens (tertiary/aromatic N) is 1. The van der Waals surface area contributed by atoms with Crippen LogP contribution in [-0.4, -0.2) is 13.0 Å². The molecule has 0 spiro atoms. The highest BCUT2D eigenvalue weighted by molar-refractivity contribution is 5.50. The summed E-state index contributed by atoms with van der Waals surface area (Å²) in [6, 6.07) is 0. The average molecular weight is 149 g/mol. The molecule has 11 heavy (non-hydrogen) atoms. The van der Waals surface area contributed by atoms with E-state index in [1.807, 2.05) is 0 Å². The monoisotopic (exact) mass is 149 g/mol. The van der Waals surface area contributed by atoms with Gasteiger partial charge in [0.15, 0.2) is 0 Å². The van der Waals surface area contributed by atoms with Crippen LogP contribution in [0.15, 0.2) is 48.3 Å². The molecule has 0 unspecified atom stereocenters. The van der Waals surface area contributed by atoms with Crippen molar-refractivity contribution < 1.29 is 4.74 Å². The molecule has 0 radical (unpaired) electrons. The first-order chi connectivity index (χ1) is 5.24. The standard InChI is InChI=1S/C9H11NO/c1-5-9(11-4)7-8(3)10-6-2/h5,7H,1-3H2,4H3. The molecule has 0 N–H and O–H groups in total. The molecule has 0 rings (SSSR count). The third kappa shape index (κ3) is 3.95. The highest BCUT2D eigenvalue weighted by Crippen LogP contribution is 2.02. The Morgan fingerprint density at radius 2 is 2.27 bits per heavy atom. The summed E-state index contributed by atoms with van der Waals surface area (Å²) in [4.78, 5) is 3.70. The van der Waals surface area contributed by atoms with E-state index in [1.165, 1.54) is 0 Å². The van der Waals surface area contributed by atoms with Gasteiger partial charge in [-0.2, -0.15) is 0 Å². The number of allylic oxidation sites excluding steroid dienone is 2. The zero-order chi connectivity index (χ0) is 8.69. The Kier molecular flexibility index (Phi) is 4.54. The number of aliphatic imine (C=N–C) groups is 1. The molecule has 58 valence electrons. The topological polar surface area (TPSA) is 21.6 Å². The lowest BCUT2D eigenvalue weighted by Crippen LogP contribution is -1.81. The van der Waals surface area contributed by atoms with Gasteiger partial charge in [0.25, 0.3) is 0 Å². The lowest BCUT2D eigenvalue weighted by atomic mass is 10.4. The number of hydrogen-bond donors (Lipinski definition) is 0. The highest BCUT2D eigenvalue weighted by Gasteiger charge is 1.88. The van der Waals surface area contributed by atoms with Gasteiger partial charge >= 0.3 is 0 Å². The van der Waals surface area contributed by atoms with Gasteiger partial charge in [0, 0.05) is 6.08 Å². The summed E-state index contributed by atoms with van der Waals surface area (Å²) in [6.07, 6.45) is 3.22. The molecule has 0 aromatic heterocycles. The second-order valence-electron chi connectivity index (χ2n) is 1.72. The predicted octanol–water partition coefficient (Wildman–Crippen LogP) is 2.07. The fourth-order valence-electron chi connectivity index (χ4n) is 0.499. The molecule has 0 aromatic rings. The van der Waals surface area contributed by atoms with Gasteiger partial charge in [0.05, 0.1) is 12.8 Å². The first-order valence-electron chi connectivity index (χ1n) is 3.04. The van der Waals surface area contributed by atoms with Crippen LogP contribution in [0.3, 0.4) is 0 Å². The fourth-order valence-corrected chi connectivity index (χ4v) is 0.499. The van der Waals surface area contributed by atoms with E-state index in [4.69, 9.17) is 4.74 Å². The molecule has 0 saturated carbocycles. The van der Waals surface area contributed by atoms with Gasteiger partial charge in [-0.3, -0.25) is 0 Å². The summed E-state index contributed by atoms with van der Waals surface area (Å²) in [6.45, 7) is 10.5. The minimum absolute atomic E-state index is 0.539. The van der Waals surface area contributed by atoms with E-state index in [0.717, 1.165) is 0 Å². The van der Waals surface area contributed by atoms with E-state index in [2.05, 4.69) is 30.6 Å². The largest absolute Gasteiger partial charge is 0.497 e. The molecule has 0 heterocycles. The normalized spacial score (nSPS) is 9.73. The van der Waals surface area contributed by atoms with E-state index < -0.39 is 0 Å². The fraction of sp³-hybridized carbons (Fsp3) is 0.111. The van der Waals surface area contributed by atoms with Crippen molar-refractivity contribution in [1.82, 2.24) is 0 Å². The summed E-state index contributed by atoms with van der Waals surface area (Å²) in [5.41, 5.74) is 0.539. The Bertz CT molecular complexity index is 232. The van der Waals surface area contributed by atoms with Crippen molar-refractivity contribution in [2.75, 3.05) is 7.11 Å². The molecule has 2 nitrogen and oxygen atoms in total. The number of hydrogen-bond acceptors (Lipinski definition) is 2. The molecular weight excluding hydrogens is 138 g/mol. The minimum Gasteiger partial charge on any atom is -0.497 e. The Labute approximate surface area is 66.9 Å². The van der Waals surface area contributed by atoms with E-state index in [0.29, 0.717) is 11.5 Å². The molecule has 0 aliphatic rings. The zero-order valence-corrected chi connectivity index (χ0v) is 6.63. The van der Waals surface area contributed by atoms with E-state index in [9.17, 15) is 0 Å². The van der Waals surface area contributed by atoms with Crippen molar-refractivity contribution in [3.63, 3.8) is 0 Å². The number of rotatable bonds is 4. The van der Waals surface area contributed by atoms with Crippen LogP contribution in [0.1, 0.15) is 0 Å². The minimum atomic E-state index is 0.539. The van der Waals surface area contributed by atoms with Crippen molar-refractivity contribution >= 4 is 5.87 Å². The third-order valence-corrected chi connectivity index (χ3v) is 0.968. The molecule has 0 bridgehead atoms. The van der Waals surface area contributed by atoms with Crippen molar-refractivity contribution in [2.24, 2.45) is 4.99 Å². The summed E-state index contributed by atoms with van der Waals surface area (Å²) in [5.74, 6) is 2.98. The molecule has 0 saturated heterocycles. The second kappa shape index (κ2) is 5.27. The van der Waals surface area contributed by atoms with Gasteiger partial charge in [-0.25, -0.2) is 4.99 Å². The highest BCUT2D eigenvalue weighted by atomic mass is 16.5. The van der Waals surface area contributed by atoms with Crippen molar-refractivity contribution in [1.29, 1.82) is 0 Å². The lowest BCUT2D eigenvalue weighted by molar-refractivity contribution is 0.307. The van der Waals surface area contributed by atoms with Crippen LogP contribution in [0.25, 0.3) is 0 Å². The van der Waals surface area contributed by atoms with Crippen LogP contribution in [0.4, 0.5) is 0 Å². The molecule has 0 amide bonds. The van der Waals surface area contributed by atoms with Gasteiger partial charge < -0.3 is 4.74 Å². The first-order valence-corrected chi connectivity index (χ1v) is 3.04. The summed E-state index contributed by atoms with van der Waals surface area (Å²) < 4.78 is 4.89. The first kappa shape index (κ1) is 9.47. The number of ether oxygens (including phenoxy) is 1. The molecule has 0 atom stereocenters. The van der Waals surface area contributed by atoms with E-state index in [1.54, 1.807) is 19.3 Å². The Balaban J connectivity index is 4.38. The smallest absolute Gasteiger partial charge is 0.120 e. The van der Waals surface area contributed by atoms with Crippen molar-refractivity contribution in [3.05, 3.63) is 43.3 Å². The third-order valence-electron chi connectivity index (χ3n) is 0.968. The summed E-state index contributed by atoms with van der Waals surface area (Å²) >= 11 is 0. The average Bonchev–Trinajstić information content (AvgIpc) is 2.01. The van der Waals surface area contributed by atoms with Crippen molar-refractivity contribution in [2.45, 2.75) is 0 Å². The number of methoxy groups -OCH3 is 1. The molecule has 0 aliphatic carbocycles. The van der Waals surface area contributed by atoms with Crippen LogP contribution in [0.5, 0.6) is 0 Å². The van der Waals surface area contributed by atoms with Gasteiger partial charge in [0.2, 0.25) is 0 Å². The summed E-state index contributed by atoms with van der Waals surface area (Å²) in [5, 5.41) is 0. The van der Waals surface area contributed by atoms with Crippen LogP contribution in [0.2, 0.25) is 0 Å². The van der Waals surface area contributed by atoms with Crippen LogP contribution >= 0.6 is 0 Å². The SMILES string of the molecule is C=C=NC(=C)C=C(C=C)OC. The van der Waals surface area contributed by atoms with Gasteiger partial charge in [-0.05, 0) is 18.5 Å². The molecule has 0 aromatic carbocycles. The predicted molar refractivity (Wildman–Crippen MR) is 47.5 cm³/mol. The summed E-state index contributed by atoms with van der Waals surface area (Å²) in [7, 11) is 1.55.